The van der Waals surface area contributed by atoms with Gasteiger partial charge in [0.15, 0.2) is 0 Å². The van der Waals surface area contributed by atoms with Crippen LogP contribution in [0.1, 0.15) is 12.0 Å². The van der Waals surface area contributed by atoms with Crippen molar-refractivity contribution in [3.63, 3.8) is 0 Å². The summed E-state index contributed by atoms with van der Waals surface area (Å²) in [5, 5.41) is 2.94. The SMILES string of the molecule is COc1ccc(OC)c(CCC(=O)Nc2ccc(-c3nc4ccccc4[nH]3)cc2)c1. The van der Waals surface area contributed by atoms with Gasteiger partial charge in [-0.1, -0.05) is 12.1 Å². The molecule has 1 heterocycles. The number of H-pyrrole nitrogens is 1. The molecule has 0 aliphatic heterocycles. The average molecular weight is 401 g/mol. The molecule has 6 nitrogen and oxygen atoms in total. The van der Waals surface area contributed by atoms with Crippen LogP contribution in [0.15, 0.2) is 66.7 Å². The summed E-state index contributed by atoms with van der Waals surface area (Å²) in [5.41, 5.74) is 4.57. The second-order valence-electron chi connectivity index (χ2n) is 6.91. The number of imidazole rings is 1. The Bertz CT molecular complexity index is 1130. The summed E-state index contributed by atoms with van der Waals surface area (Å²) < 4.78 is 10.6. The quantitative estimate of drug-likeness (QED) is 0.466. The second kappa shape index (κ2) is 8.69. The molecule has 0 aliphatic carbocycles. The number of methoxy groups -OCH3 is 2. The number of hydrogen-bond donors (Lipinski definition) is 2. The van der Waals surface area contributed by atoms with Crippen LogP contribution < -0.4 is 14.8 Å². The number of aromatic amines is 1. The Kier molecular flexibility index (Phi) is 5.66. The maximum atomic E-state index is 12.4. The van der Waals surface area contributed by atoms with E-state index in [-0.39, 0.29) is 5.91 Å². The maximum absolute atomic E-state index is 12.4. The summed E-state index contributed by atoms with van der Waals surface area (Å²) >= 11 is 0. The molecule has 30 heavy (non-hydrogen) atoms. The van der Waals surface area contributed by atoms with Crippen molar-refractivity contribution in [3.05, 3.63) is 72.3 Å². The Morgan fingerprint density at radius 1 is 1.00 bits per heavy atom. The number of nitrogens with zero attached hydrogens (tertiary/aromatic N) is 1. The van der Waals surface area contributed by atoms with Crippen LogP contribution in [0.3, 0.4) is 0 Å². The van der Waals surface area contributed by atoms with E-state index in [1.165, 1.54) is 0 Å². The molecule has 0 spiro atoms. The lowest BCUT2D eigenvalue weighted by molar-refractivity contribution is -0.116. The summed E-state index contributed by atoms with van der Waals surface area (Å²) in [7, 11) is 3.24. The number of nitrogens with one attached hydrogen (secondary N) is 2. The van der Waals surface area contributed by atoms with E-state index in [9.17, 15) is 4.79 Å². The number of rotatable bonds is 7. The molecule has 0 aliphatic rings. The largest absolute Gasteiger partial charge is 0.497 e. The minimum Gasteiger partial charge on any atom is -0.497 e. The highest BCUT2D eigenvalue weighted by Gasteiger charge is 2.10. The molecule has 6 heteroatoms. The Hall–Kier alpha value is -3.80. The highest BCUT2D eigenvalue weighted by molar-refractivity contribution is 5.91. The van der Waals surface area contributed by atoms with Crippen LogP contribution in [0.2, 0.25) is 0 Å². The lowest BCUT2D eigenvalue weighted by Gasteiger charge is -2.11. The van der Waals surface area contributed by atoms with Crippen LogP contribution >= 0.6 is 0 Å². The first-order valence-electron chi connectivity index (χ1n) is 9.72. The Balaban J connectivity index is 1.39. The van der Waals surface area contributed by atoms with Gasteiger partial charge in [0.1, 0.15) is 17.3 Å². The number of fused-ring (bicyclic) bond motifs is 1. The van der Waals surface area contributed by atoms with Crippen LogP contribution in [-0.2, 0) is 11.2 Å². The number of para-hydroxylation sites is 2. The second-order valence-corrected chi connectivity index (χ2v) is 6.91. The third kappa shape index (κ3) is 4.27. The van der Waals surface area contributed by atoms with Gasteiger partial charge in [-0.2, -0.15) is 0 Å². The third-order valence-corrected chi connectivity index (χ3v) is 4.94. The van der Waals surface area contributed by atoms with Crippen LogP contribution in [0.25, 0.3) is 22.4 Å². The topological polar surface area (TPSA) is 76.2 Å². The van der Waals surface area contributed by atoms with E-state index in [1.807, 2.05) is 66.7 Å². The molecule has 152 valence electrons. The van der Waals surface area contributed by atoms with Gasteiger partial charge in [-0.15, -0.1) is 0 Å². The molecule has 1 aromatic heterocycles. The van der Waals surface area contributed by atoms with Crippen molar-refractivity contribution in [3.8, 4) is 22.9 Å². The van der Waals surface area contributed by atoms with Gasteiger partial charge in [0, 0.05) is 17.7 Å². The van der Waals surface area contributed by atoms with Crippen LogP contribution in [0.4, 0.5) is 5.69 Å². The van der Waals surface area contributed by atoms with Gasteiger partial charge in [0.25, 0.3) is 0 Å². The minimum atomic E-state index is -0.0589. The first-order chi connectivity index (χ1) is 14.7. The Labute approximate surface area is 174 Å². The molecular weight excluding hydrogens is 378 g/mol. The number of carbonyl (C=O) groups excluding carboxylic acids is 1. The van der Waals surface area contributed by atoms with Gasteiger partial charge in [0.05, 0.1) is 25.3 Å². The fraction of sp³-hybridized carbons (Fsp3) is 0.167. The molecule has 0 unspecified atom stereocenters. The number of ether oxygens (including phenoxy) is 2. The first-order valence-corrected chi connectivity index (χ1v) is 9.72. The number of anilines is 1. The molecule has 4 rings (SSSR count). The van der Waals surface area contributed by atoms with Crippen LogP contribution in [-0.4, -0.2) is 30.1 Å². The maximum Gasteiger partial charge on any atom is 0.224 e. The van der Waals surface area contributed by atoms with E-state index in [2.05, 4.69) is 15.3 Å². The third-order valence-electron chi connectivity index (χ3n) is 4.94. The average Bonchev–Trinajstić information content (AvgIpc) is 3.22. The van der Waals surface area contributed by atoms with Gasteiger partial charge in [-0.3, -0.25) is 4.79 Å². The minimum absolute atomic E-state index is 0.0589. The van der Waals surface area contributed by atoms with Crippen molar-refractivity contribution in [1.29, 1.82) is 0 Å². The predicted molar refractivity (Wildman–Crippen MR) is 118 cm³/mol. The number of carbonyl (C=O) groups is 1. The summed E-state index contributed by atoms with van der Waals surface area (Å²) in [6, 6.07) is 21.1. The zero-order chi connectivity index (χ0) is 20.9. The predicted octanol–water partition coefficient (Wildman–Crippen LogP) is 4.82. The van der Waals surface area contributed by atoms with E-state index in [4.69, 9.17) is 9.47 Å². The van der Waals surface area contributed by atoms with Crippen molar-refractivity contribution < 1.29 is 14.3 Å². The number of hydrogen-bond acceptors (Lipinski definition) is 4. The molecule has 1 amide bonds. The first kappa shape index (κ1) is 19.5. The van der Waals surface area contributed by atoms with Gasteiger partial charge in [-0.25, -0.2) is 4.98 Å². The van der Waals surface area contributed by atoms with Crippen molar-refractivity contribution in [2.24, 2.45) is 0 Å². The molecule has 0 radical (unpaired) electrons. The molecule has 0 fully saturated rings. The molecule has 0 bridgehead atoms. The van der Waals surface area contributed by atoms with E-state index < -0.39 is 0 Å². The molecule has 0 saturated carbocycles. The van der Waals surface area contributed by atoms with Gasteiger partial charge in [-0.05, 0) is 66.6 Å². The highest BCUT2D eigenvalue weighted by Crippen LogP contribution is 2.26. The fourth-order valence-corrected chi connectivity index (χ4v) is 3.35. The zero-order valence-corrected chi connectivity index (χ0v) is 16.9. The van der Waals surface area contributed by atoms with E-state index in [0.717, 1.165) is 45.2 Å². The van der Waals surface area contributed by atoms with Crippen molar-refractivity contribution in [2.75, 3.05) is 19.5 Å². The molecule has 0 atom stereocenters. The highest BCUT2D eigenvalue weighted by atomic mass is 16.5. The van der Waals surface area contributed by atoms with Gasteiger partial charge >= 0.3 is 0 Å². The fourth-order valence-electron chi connectivity index (χ4n) is 3.35. The lowest BCUT2D eigenvalue weighted by atomic mass is 10.1. The van der Waals surface area contributed by atoms with Gasteiger partial charge < -0.3 is 19.8 Å². The molecule has 2 N–H and O–H groups in total. The monoisotopic (exact) mass is 401 g/mol. The summed E-state index contributed by atoms with van der Waals surface area (Å²) in [5.74, 6) is 2.24. The van der Waals surface area contributed by atoms with Crippen molar-refractivity contribution in [2.45, 2.75) is 12.8 Å². The van der Waals surface area contributed by atoms with Crippen molar-refractivity contribution >= 4 is 22.6 Å². The Morgan fingerprint density at radius 2 is 1.80 bits per heavy atom. The normalized spacial score (nSPS) is 10.7. The Morgan fingerprint density at radius 3 is 2.53 bits per heavy atom. The smallest absolute Gasteiger partial charge is 0.224 e. The van der Waals surface area contributed by atoms with E-state index in [0.29, 0.717) is 12.8 Å². The number of benzene rings is 3. The number of amides is 1. The van der Waals surface area contributed by atoms with Crippen LogP contribution in [0.5, 0.6) is 11.5 Å². The number of aryl methyl sites for hydroxylation is 1. The molecular formula is C24H23N3O3. The zero-order valence-electron chi connectivity index (χ0n) is 16.9. The van der Waals surface area contributed by atoms with Crippen molar-refractivity contribution in [1.82, 2.24) is 9.97 Å². The van der Waals surface area contributed by atoms with Crippen LogP contribution in [0, 0.1) is 0 Å². The molecule has 3 aromatic carbocycles. The van der Waals surface area contributed by atoms with E-state index >= 15 is 0 Å². The lowest BCUT2D eigenvalue weighted by Crippen LogP contribution is -2.12. The van der Waals surface area contributed by atoms with Gasteiger partial charge in [0.2, 0.25) is 5.91 Å². The molecule has 4 aromatic rings. The standard InChI is InChI=1S/C24H23N3O3/c1-29-19-12-13-22(30-2)17(15-19)9-14-23(28)25-18-10-7-16(8-11-18)24-26-20-5-3-4-6-21(20)27-24/h3-8,10-13,15H,9,14H2,1-2H3,(H,25,28)(H,26,27). The molecule has 0 saturated heterocycles. The van der Waals surface area contributed by atoms with E-state index in [1.54, 1.807) is 14.2 Å². The summed E-state index contributed by atoms with van der Waals surface area (Å²) in [6.45, 7) is 0. The summed E-state index contributed by atoms with van der Waals surface area (Å²) in [4.78, 5) is 20.3. The number of aromatic nitrogens is 2. The summed E-state index contributed by atoms with van der Waals surface area (Å²) in [6.07, 6.45) is 0.901.